The molecule has 0 bridgehead atoms. The van der Waals surface area contributed by atoms with Gasteiger partial charge in [-0.1, -0.05) is 169 Å². The summed E-state index contributed by atoms with van der Waals surface area (Å²) >= 11 is 0. The summed E-state index contributed by atoms with van der Waals surface area (Å²) in [5.41, 5.74) is 0. The number of unbranched alkanes of at least 4 members (excludes halogenated alkanes) is 18. The quantitative estimate of drug-likeness (QED) is 0.0292. The van der Waals surface area contributed by atoms with Crippen LogP contribution in [0.25, 0.3) is 0 Å². The van der Waals surface area contributed by atoms with E-state index in [-0.39, 0.29) is 62.8 Å². The molecule has 2 atom stereocenters. The van der Waals surface area contributed by atoms with Gasteiger partial charge in [-0.2, -0.15) is 0 Å². The maximum atomic E-state index is 10.6. The molecule has 45 heavy (non-hydrogen) atoms. The fourth-order valence-corrected chi connectivity index (χ4v) is 6.20. The van der Waals surface area contributed by atoms with Crippen molar-refractivity contribution < 1.29 is 34.3 Å². The third-order valence-electron chi connectivity index (χ3n) is 8.26. The van der Waals surface area contributed by atoms with Crippen LogP contribution < -0.4 is 0 Å². The van der Waals surface area contributed by atoms with Crippen LogP contribution in [0.2, 0.25) is 0 Å². The fourth-order valence-electron chi connectivity index (χ4n) is 5.48. The second-order valence-corrected chi connectivity index (χ2v) is 14.7. The van der Waals surface area contributed by atoms with Crippen molar-refractivity contribution in [2.45, 2.75) is 195 Å². The SMILES string of the molecule is CCCCCCCCC(CCCCCCC)COS(=O)(=O)[O-].CCCCCCCCC(CCCCCCC)COS(=O)(=O)[O-].[Ca+2]. The van der Waals surface area contributed by atoms with Gasteiger partial charge in [0, 0.05) is 0 Å². The Kier molecular flexibility index (Phi) is 40.6. The fraction of sp³-hybridized carbons (Fsp3) is 1.00. The van der Waals surface area contributed by atoms with E-state index in [0.717, 1.165) is 51.4 Å². The Balaban J connectivity index is -0.000000767. The molecule has 0 aliphatic carbocycles. The molecule has 268 valence electrons. The minimum absolute atomic E-state index is 0. The van der Waals surface area contributed by atoms with Crippen LogP contribution in [0.1, 0.15) is 195 Å². The van der Waals surface area contributed by atoms with Crippen molar-refractivity contribution in [2.24, 2.45) is 11.8 Å². The predicted molar refractivity (Wildman–Crippen MR) is 187 cm³/mol. The first-order chi connectivity index (χ1) is 21.0. The van der Waals surface area contributed by atoms with Gasteiger partial charge in [-0.05, 0) is 37.5 Å². The van der Waals surface area contributed by atoms with Gasteiger partial charge in [-0.3, -0.25) is 8.37 Å². The van der Waals surface area contributed by atoms with Gasteiger partial charge in [0.15, 0.2) is 0 Å². The molecule has 0 aromatic heterocycles. The van der Waals surface area contributed by atoms with Crippen molar-refractivity contribution in [2.75, 3.05) is 13.2 Å². The van der Waals surface area contributed by atoms with E-state index in [1.165, 1.54) is 116 Å². The summed E-state index contributed by atoms with van der Waals surface area (Å²) in [5.74, 6) is 0.410. The van der Waals surface area contributed by atoms with Gasteiger partial charge in [-0.25, -0.2) is 16.8 Å². The first-order valence-electron chi connectivity index (χ1n) is 18.2. The molecule has 0 fully saturated rings. The summed E-state index contributed by atoms with van der Waals surface area (Å²) in [4.78, 5) is 0. The molecule has 0 aliphatic rings. The Bertz CT molecular complexity index is 728. The molecular formula is C34H70CaO8S2. The monoisotopic (exact) mass is 710 g/mol. The number of hydrogen-bond donors (Lipinski definition) is 0. The summed E-state index contributed by atoms with van der Waals surface area (Å²) in [6.45, 7) is 8.91. The first kappa shape index (κ1) is 50.4. The Morgan fingerprint density at radius 3 is 0.800 bits per heavy atom. The van der Waals surface area contributed by atoms with Crippen LogP contribution in [-0.2, 0) is 29.2 Å². The van der Waals surface area contributed by atoms with Crippen LogP contribution >= 0.6 is 0 Å². The van der Waals surface area contributed by atoms with Crippen molar-refractivity contribution in [1.82, 2.24) is 0 Å². The maximum absolute atomic E-state index is 10.6. The molecule has 2 unspecified atom stereocenters. The van der Waals surface area contributed by atoms with E-state index in [1.54, 1.807) is 0 Å². The van der Waals surface area contributed by atoms with E-state index >= 15 is 0 Å². The van der Waals surface area contributed by atoms with Gasteiger partial charge in [0.25, 0.3) is 0 Å². The predicted octanol–water partition coefficient (Wildman–Crippen LogP) is 10.0. The van der Waals surface area contributed by atoms with Gasteiger partial charge in [0.1, 0.15) is 0 Å². The minimum Gasteiger partial charge on any atom is -0.726 e. The van der Waals surface area contributed by atoms with Crippen molar-refractivity contribution in [3.63, 3.8) is 0 Å². The summed E-state index contributed by atoms with van der Waals surface area (Å²) in [6.07, 6.45) is 30.6. The third kappa shape index (κ3) is 45.0. The second kappa shape index (κ2) is 36.3. The molecule has 0 amide bonds. The third-order valence-corrected chi connectivity index (χ3v) is 9.11. The largest absolute Gasteiger partial charge is 2.00 e. The molecule has 0 aromatic carbocycles. The van der Waals surface area contributed by atoms with Gasteiger partial charge < -0.3 is 9.11 Å². The van der Waals surface area contributed by atoms with Crippen molar-refractivity contribution >= 4 is 58.5 Å². The van der Waals surface area contributed by atoms with Crippen LogP contribution in [0, 0.1) is 11.8 Å². The van der Waals surface area contributed by atoms with Crippen LogP contribution in [-0.4, -0.2) is 76.9 Å². The zero-order valence-electron chi connectivity index (χ0n) is 29.7. The topological polar surface area (TPSA) is 133 Å². The molecule has 8 nitrogen and oxygen atoms in total. The van der Waals surface area contributed by atoms with Crippen molar-refractivity contribution in [1.29, 1.82) is 0 Å². The first-order valence-corrected chi connectivity index (χ1v) is 20.9. The van der Waals surface area contributed by atoms with E-state index in [9.17, 15) is 25.9 Å². The standard InChI is InChI=1S/2C17H36O4S.Ca/c2*1-3-5-7-9-11-13-15-17(16-21-22(18,19)20)14-12-10-8-6-4-2;/h2*17H,3-16H2,1-2H3,(H,18,19,20);/q;;+2/p-2. The van der Waals surface area contributed by atoms with E-state index in [4.69, 9.17) is 0 Å². The summed E-state index contributed by atoms with van der Waals surface area (Å²) in [6, 6.07) is 0. The molecule has 11 heteroatoms. The molecule has 0 saturated carbocycles. The summed E-state index contributed by atoms with van der Waals surface area (Å²) < 4.78 is 72.7. The van der Waals surface area contributed by atoms with Crippen molar-refractivity contribution in [3.8, 4) is 0 Å². The van der Waals surface area contributed by atoms with Crippen LogP contribution in [0.5, 0.6) is 0 Å². The smallest absolute Gasteiger partial charge is 0.726 e. The van der Waals surface area contributed by atoms with Gasteiger partial charge in [0.05, 0.1) is 13.2 Å². The average Bonchev–Trinajstić information content (AvgIpc) is 2.96. The minimum atomic E-state index is -4.55. The van der Waals surface area contributed by atoms with E-state index in [2.05, 4.69) is 36.1 Å². The second-order valence-electron chi connectivity index (χ2n) is 12.6. The maximum Gasteiger partial charge on any atom is 2.00 e. The Labute approximate surface area is 310 Å². The zero-order chi connectivity index (χ0) is 33.4. The molecular weight excluding hydrogens is 641 g/mol. The molecule has 0 rings (SSSR count). The normalized spacial score (nSPS) is 13.1. The molecule has 0 aliphatic heterocycles. The summed E-state index contributed by atoms with van der Waals surface area (Å²) in [5, 5.41) is 0. The van der Waals surface area contributed by atoms with Gasteiger partial charge >= 0.3 is 37.7 Å². The average molecular weight is 711 g/mol. The van der Waals surface area contributed by atoms with Crippen LogP contribution in [0.3, 0.4) is 0 Å². The molecule has 0 saturated heterocycles. The van der Waals surface area contributed by atoms with Gasteiger partial charge in [-0.15, -0.1) is 0 Å². The van der Waals surface area contributed by atoms with Crippen molar-refractivity contribution in [3.05, 3.63) is 0 Å². The number of rotatable bonds is 32. The van der Waals surface area contributed by atoms with E-state index < -0.39 is 20.8 Å². The molecule has 0 spiro atoms. The Hall–Kier alpha value is 1.000. The van der Waals surface area contributed by atoms with Crippen LogP contribution in [0.15, 0.2) is 0 Å². The zero-order valence-corrected chi connectivity index (χ0v) is 33.6. The van der Waals surface area contributed by atoms with E-state index in [1.807, 2.05) is 0 Å². The van der Waals surface area contributed by atoms with Gasteiger partial charge in [0.2, 0.25) is 20.8 Å². The Morgan fingerprint density at radius 1 is 0.400 bits per heavy atom. The number of hydrogen-bond acceptors (Lipinski definition) is 8. The Morgan fingerprint density at radius 2 is 0.600 bits per heavy atom. The summed E-state index contributed by atoms with van der Waals surface area (Å²) in [7, 11) is -9.10. The molecule has 0 heterocycles. The van der Waals surface area contributed by atoms with Crippen LogP contribution in [0.4, 0.5) is 0 Å². The molecule has 0 aromatic rings. The van der Waals surface area contributed by atoms with E-state index in [0.29, 0.717) is 0 Å². The molecule has 0 N–H and O–H groups in total. The molecule has 0 radical (unpaired) electrons.